The molecule has 2 aromatic carbocycles. The van der Waals surface area contributed by atoms with E-state index >= 15 is 0 Å². The van der Waals surface area contributed by atoms with E-state index < -0.39 is 0 Å². The molecule has 29 heavy (non-hydrogen) atoms. The summed E-state index contributed by atoms with van der Waals surface area (Å²) < 4.78 is 12.2. The number of anilines is 2. The molecule has 0 fully saturated rings. The van der Waals surface area contributed by atoms with Crippen LogP contribution in [0, 0.1) is 6.92 Å². The maximum absolute atomic E-state index is 12.8. The van der Waals surface area contributed by atoms with Crippen molar-refractivity contribution in [3.8, 4) is 5.75 Å². The van der Waals surface area contributed by atoms with Crippen molar-refractivity contribution in [2.45, 2.75) is 26.7 Å². The third-order valence-electron chi connectivity index (χ3n) is 5.00. The standard InChI is InChI=1S/C22H21BrN2O4/c1-3-4-9-25-17-11-15(6-8-18(17)28-12-20(25)26)24-22(27)21-13(2)16-7-5-14(23)10-19(16)29-21/h5-8,10-11H,3-4,9,12H2,1-2H3,(H,24,27). The van der Waals surface area contributed by atoms with Crippen LogP contribution >= 0.6 is 15.9 Å². The molecule has 6 nitrogen and oxygen atoms in total. The molecule has 0 radical (unpaired) electrons. The van der Waals surface area contributed by atoms with Crippen LogP contribution in [-0.2, 0) is 4.79 Å². The van der Waals surface area contributed by atoms with Gasteiger partial charge in [-0.3, -0.25) is 9.59 Å². The fourth-order valence-corrected chi connectivity index (χ4v) is 3.79. The molecule has 0 aliphatic carbocycles. The smallest absolute Gasteiger partial charge is 0.291 e. The normalized spacial score (nSPS) is 13.3. The minimum absolute atomic E-state index is 0.0379. The lowest BCUT2D eigenvalue weighted by atomic mass is 10.1. The van der Waals surface area contributed by atoms with Crippen molar-refractivity contribution < 1.29 is 18.7 Å². The number of carbonyl (C=O) groups is 2. The van der Waals surface area contributed by atoms with Gasteiger partial charge in [-0.25, -0.2) is 0 Å². The van der Waals surface area contributed by atoms with Gasteiger partial charge in [0.25, 0.3) is 11.8 Å². The number of nitrogens with one attached hydrogen (secondary N) is 1. The number of hydrogen-bond acceptors (Lipinski definition) is 4. The fraction of sp³-hybridized carbons (Fsp3) is 0.273. The van der Waals surface area contributed by atoms with Crippen LogP contribution in [0.1, 0.15) is 35.9 Å². The van der Waals surface area contributed by atoms with Crippen molar-refractivity contribution in [3.63, 3.8) is 0 Å². The van der Waals surface area contributed by atoms with Gasteiger partial charge in [-0.1, -0.05) is 29.3 Å². The molecule has 2 heterocycles. The Balaban J connectivity index is 1.62. The van der Waals surface area contributed by atoms with E-state index in [-0.39, 0.29) is 24.2 Å². The van der Waals surface area contributed by atoms with Crippen LogP contribution in [0.4, 0.5) is 11.4 Å². The lowest BCUT2D eigenvalue weighted by molar-refractivity contribution is -0.121. The van der Waals surface area contributed by atoms with E-state index in [4.69, 9.17) is 9.15 Å². The van der Waals surface area contributed by atoms with Crippen LogP contribution in [0.5, 0.6) is 5.75 Å². The number of halogens is 1. The number of ether oxygens (including phenoxy) is 1. The Morgan fingerprint density at radius 1 is 1.24 bits per heavy atom. The Labute approximate surface area is 176 Å². The summed E-state index contributed by atoms with van der Waals surface area (Å²) >= 11 is 3.42. The zero-order valence-electron chi connectivity index (χ0n) is 16.3. The van der Waals surface area contributed by atoms with Crippen molar-refractivity contribution >= 4 is 50.1 Å². The molecule has 0 saturated carbocycles. The molecule has 3 aromatic rings. The third-order valence-corrected chi connectivity index (χ3v) is 5.49. The van der Waals surface area contributed by atoms with Crippen molar-refractivity contribution in [3.05, 3.63) is 52.2 Å². The van der Waals surface area contributed by atoms with Gasteiger partial charge in [0.1, 0.15) is 11.3 Å². The summed E-state index contributed by atoms with van der Waals surface area (Å²) in [5.74, 6) is 0.500. The predicted octanol–water partition coefficient (Wildman–Crippen LogP) is 5.28. The van der Waals surface area contributed by atoms with Gasteiger partial charge in [0, 0.05) is 27.7 Å². The van der Waals surface area contributed by atoms with Crippen molar-refractivity contribution in [1.82, 2.24) is 0 Å². The SMILES string of the molecule is CCCCN1C(=O)COc2ccc(NC(=O)c3oc4cc(Br)ccc4c3C)cc21. The summed E-state index contributed by atoms with van der Waals surface area (Å²) in [5, 5.41) is 3.78. The van der Waals surface area contributed by atoms with Crippen LogP contribution in [0.15, 0.2) is 45.3 Å². The first kappa shape index (κ1) is 19.5. The molecule has 1 aliphatic rings. The van der Waals surface area contributed by atoms with Crippen molar-refractivity contribution in [1.29, 1.82) is 0 Å². The molecular formula is C22H21BrN2O4. The minimum atomic E-state index is -0.335. The van der Waals surface area contributed by atoms with Gasteiger partial charge in [0.15, 0.2) is 12.4 Å². The minimum Gasteiger partial charge on any atom is -0.482 e. The molecule has 150 valence electrons. The predicted molar refractivity (Wildman–Crippen MR) is 116 cm³/mol. The summed E-state index contributed by atoms with van der Waals surface area (Å²) in [6.45, 7) is 4.61. The van der Waals surface area contributed by atoms with Gasteiger partial charge in [-0.15, -0.1) is 0 Å². The zero-order chi connectivity index (χ0) is 20.5. The van der Waals surface area contributed by atoms with E-state index in [0.29, 0.717) is 29.3 Å². The highest BCUT2D eigenvalue weighted by Gasteiger charge is 2.26. The van der Waals surface area contributed by atoms with Gasteiger partial charge in [0.05, 0.1) is 5.69 Å². The first-order valence-electron chi connectivity index (χ1n) is 9.55. The highest BCUT2D eigenvalue weighted by molar-refractivity contribution is 9.10. The average Bonchev–Trinajstić information content (AvgIpc) is 3.03. The number of amides is 2. The Morgan fingerprint density at radius 3 is 2.86 bits per heavy atom. The molecule has 4 rings (SSSR count). The van der Waals surface area contributed by atoms with Gasteiger partial charge >= 0.3 is 0 Å². The van der Waals surface area contributed by atoms with Gasteiger partial charge in [-0.2, -0.15) is 0 Å². The first-order chi connectivity index (χ1) is 14.0. The van der Waals surface area contributed by atoms with Gasteiger partial charge in [0.2, 0.25) is 0 Å². The number of carbonyl (C=O) groups excluding carboxylic acids is 2. The maximum atomic E-state index is 12.8. The zero-order valence-corrected chi connectivity index (χ0v) is 17.8. The molecule has 2 amide bonds. The Morgan fingerprint density at radius 2 is 2.07 bits per heavy atom. The summed E-state index contributed by atoms with van der Waals surface area (Å²) in [5.41, 5.74) is 2.69. The number of furan rings is 1. The number of unbranched alkanes of at least 4 members (excludes halogenated alkanes) is 1. The van der Waals surface area contributed by atoms with Crippen molar-refractivity contribution in [2.75, 3.05) is 23.4 Å². The van der Waals surface area contributed by atoms with Crippen LogP contribution in [0.3, 0.4) is 0 Å². The van der Waals surface area contributed by atoms with Crippen LogP contribution in [-0.4, -0.2) is 25.0 Å². The lowest BCUT2D eigenvalue weighted by Crippen LogP contribution is -2.39. The van der Waals surface area contributed by atoms with Crippen LogP contribution in [0.2, 0.25) is 0 Å². The highest BCUT2D eigenvalue weighted by Crippen LogP contribution is 2.35. The number of rotatable bonds is 5. The highest BCUT2D eigenvalue weighted by atomic mass is 79.9. The Bertz CT molecular complexity index is 1110. The molecule has 1 aliphatic heterocycles. The molecular weight excluding hydrogens is 436 g/mol. The van der Waals surface area contributed by atoms with E-state index in [1.165, 1.54) is 0 Å². The molecule has 1 aromatic heterocycles. The van der Waals surface area contributed by atoms with E-state index in [9.17, 15) is 9.59 Å². The monoisotopic (exact) mass is 456 g/mol. The van der Waals surface area contributed by atoms with E-state index in [1.807, 2.05) is 25.1 Å². The van der Waals surface area contributed by atoms with E-state index in [0.717, 1.165) is 28.3 Å². The quantitative estimate of drug-likeness (QED) is 0.566. The Hall–Kier alpha value is -2.80. The topological polar surface area (TPSA) is 71.8 Å². The molecule has 0 unspecified atom stereocenters. The molecule has 7 heteroatoms. The second-order valence-electron chi connectivity index (χ2n) is 7.02. The molecule has 0 spiro atoms. The molecule has 0 bridgehead atoms. The summed E-state index contributed by atoms with van der Waals surface area (Å²) in [6.07, 6.45) is 1.88. The molecule has 0 atom stereocenters. The van der Waals surface area contributed by atoms with Gasteiger partial charge in [-0.05, 0) is 49.7 Å². The fourth-order valence-electron chi connectivity index (χ4n) is 3.44. The summed E-state index contributed by atoms with van der Waals surface area (Å²) in [6, 6.07) is 11.0. The number of fused-ring (bicyclic) bond motifs is 2. The number of benzene rings is 2. The van der Waals surface area contributed by atoms with E-state index in [2.05, 4.69) is 28.2 Å². The second-order valence-corrected chi connectivity index (χ2v) is 7.94. The number of nitrogens with zero attached hydrogens (tertiary/aromatic N) is 1. The lowest BCUT2D eigenvalue weighted by Gasteiger charge is -2.29. The molecule has 1 N–H and O–H groups in total. The summed E-state index contributed by atoms with van der Waals surface area (Å²) in [4.78, 5) is 26.9. The summed E-state index contributed by atoms with van der Waals surface area (Å²) in [7, 11) is 0. The first-order valence-corrected chi connectivity index (χ1v) is 10.3. The number of hydrogen-bond donors (Lipinski definition) is 1. The van der Waals surface area contributed by atoms with Crippen molar-refractivity contribution in [2.24, 2.45) is 0 Å². The van der Waals surface area contributed by atoms with Crippen LogP contribution < -0.4 is 15.0 Å². The Kier molecular flexibility index (Phi) is 5.32. The van der Waals surface area contributed by atoms with E-state index in [1.54, 1.807) is 23.1 Å². The second kappa shape index (κ2) is 7.91. The van der Waals surface area contributed by atoms with Gasteiger partial charge < -0.3 is 19.4 Å². The molecule has 0 saturated heterocycles. The van der Waals surface area contributed by atoms with Crippen LogP contribution in [0.25, 0.3) is 11.0 Å². The maximum Gasteiger partial charge on any atom is 0.291 e. The average molecular weight is 457 g/mol. The third kappa shape index (κ3) is 3.74. The largest absolute Gasteiger partial charge is 0.482 e. The number of aryl methyl sites for hydroxylation is 1.